The maximum absolute atomic E-state index is 12.7. The molecule has 0 atom stereocenters. The molecule has 0 saturated heterocycles. The third-order valence-corrected chi connectivity index (χ3v) is 3.69. The lowest BCUT2D eigenvalue weighted by molar-refractivity contribution is -0.121. The molecular weight excluding hydrogens is 296 g/mol. The fourth-order valence-corrected chi connectivity index (χ4v) is 2.31. The van der Waals surface area contributed by atoms with Gasteiger partial charge >= 0.3 is 0 Å². The number of nitrogens with zero attached hydrogens (tertiary/aromatic N) is 2. The molecule has 0 aliphatic carbocycles. The van der Waals surface area contributed by atoms with Gasteiger partial charge in [0.1, 0.15) is 5.76 Å². The molecule has 0 fully saturated rings. The van der Waals surface area contributed by atoms with Crippen molar-refractivity contribution in [1.29, 1.82) is 0 Å². The van der Waals surface area contributed by atoms with Crippen LogP contribution in [-0.4, -0.2) is 37.6 Å². The molecule has 122 valence electrons. The van der Waals surface area contributed by atoms with E-state index in [-0.39, 0.29) is 5.91 Å². The van der Waals surface area contributed by atoms with Crippen LogP contribution in [0.5, 0.6) is 0 Å². The van der Waals surface area contributed by atoms with E-state index in [4.69, 9.17) is 4.74 Å². The smallest absolute Gasteiger partial charge is 0.269 e. The Morgan fingerprint density at radius 3 is 2.50 bits per heavy atom. The standard InChI is InChI=1S/C17H26N2O2S/c1-8-10-15(13(3)11-14(4)21-6)19(12-18-5)17(20)16(9-2)22-7/h9-12H,4,8H2,1-3,5-7H3/b13-11-,15-10+,16-9-,18-12?. The molecular formula is C17H26N2O2S. The lowest BCUT2D eigenvalue weighted by Crippen LogP contribution is -2.30. The summed E-state index contributed by atoms with van der Waals surface area (Å²) in [5.74, 6) is 0.438. The van der Waals surface area contributed by atoms with Gasteiger partial charge in [-0.3, -0.25) is 14.7 Å². The average Bonchev–Trinajstić information content (AvgIpc) is 2.51. The molecule has 0 aromatic carbocycles. The number of amides is 1. The van der Waals surface area contributed by atoms with Crippen molar-refractivity contribution in [2.24, 2.45) is 4.99 Å². The first-order valence-corrected chi connectivity index (χ1v) is 8.27. The summed E-state index contributed by atoms with van der Waals surface area (Å²) in [4.78, 5) is 18.9. The number of allylic oxidation sites excluding steroid dienone is 4. The van der Waals surface area contributed by atoms with Crippen LogP contribution < -0.4 is 0 Å². The number of carbonyl (C=O) groups is 1. The van der Waals surface area contributed by atoms with E-state index in [1.165, 1.54) is 18.1 Å². The Morgan fingerprint density at radius 2 is 2.09 bits per heavy atom. The number of methoxy groups -OCH3 is 1. The van der Waals surface area contributed by atoms with Crippen molar-refractivity contribution in [2.75, 3.05) is 20.4 Å². The SMILES string of the molecule is C=C(/C=C(C)\C(=C/CC)N(C=NC)C(=O)/C(=C/C)SC)OC. The highest BCUT2D eigenvalue weighted by Gasteiger charge is 2.20. The van der Waals surface area contributed by atoms with Crippen molar-refractivity contribution in [3.8, 4) is 0 Å². The highest BCUT2D eigenvalue weighted by atomic mass is 32.2. The van der Waals surface area contributed by atoms with Gasteiger partial charge < -0.3 is 4.74 Å². The number of rotatable bonds is 8. The highest BCUT2D eigenvalue weighted by Crippen LogP contribution is 2.22. The van der Waals surface area contributed by atoms with Crippen LogP contribution in [0.15, 0.2) is 51.7 Å². The van der Waals surface area contributed by atoms with Gasteiger partial charge in [-0.05, 0) is 38.2 Å². The zero-order valence-electron chi connectivity index (χ0n) is 14.3. The third-order valence-electron chi connectivity index (χ3n) is 2.84. The molecule has 0 aromatic heterocycles. The molecule has 0 rings (SSSR count). The molecule has 0 saturated carbocycles. The summed E-state index contributed by atoms with van der Waals surface area (Å²) in [6, 6.07) is 0. The highest BCUT2D eigenvalue weighted by molar-refractivity contribution is 8.03. The van der Waals surface area contributed by atoms with Crippen molar-refractivity contribution in [1.82, 2.24) is 4.90 Å². The van der Waals surface area contributed by atoms with Gasteiger partial charge in [-0.1, -0.05) is 25.7 Å². The van der Waals surface area contributed by atoms with Crippen LogP contribution in [0.25, 0.3) is 0 Å². The molecule has 0 spiro atoms. The molecule has 0 aromatic rings. The summed E-state index contributed by atoms with van der Waals surface area (Å²) in [6.45, 7) is 9.59. The molecule has 0 aliphatic rings. The van der Waals surface area contributed by atoms with Gasteiger partial charge in [-0.25, -0.2) is 0 Å². The Kier molecular flexibility index (Phi) is 10.0. The number of hydrogen-bond acceptors (Lipinski definition) is 4. The monoisotopic (exact) mass is 322 g/mol. The van der Waals surface area contributed by atoms with E-state index < -0.39 is 0 Å². The predicted octanol–water partition coefficient (Wildman–Crippen LogP) is 4.14. The Labute approximate surface area is 138 Å². The lowest BCUT2D eigenvalue weighted by atomic mass is 10.1. The van der Waals surface area contributed by atoms with Crippen LogP contribution in [-0.2, 0) is 9.53 Å². The van der Waals surface area contributed by atoms with Gasteiger partial charge in [0.25, 0.3) is 5.91 Å². The summed E-state index contributed by atoms with van der Waals surface area (Å²) < 4.78 is 5.09. The molecule has 0 bridgehead atoms. The predicted molar refractivity (Wildman–Crippen MR) is 96.8 cm³/mol. The summed E-state index contributed by atoms with van der Waals surface area (Å²) >= 11 is 1.42. The van der Waals surface area contributed by atoms with Gasteiger partial charge in [0.15, 0.2) is 0 Å². The summed E-state index contributed by atoms with van der Waals surface area (Å²) in [5.41, 5.74) is 1.67. The number of hydrogen-bond donors (Lipinski definition) is 0. The minimum absolute atomic E-state index is 0.101. The zero-order valence-corrected chi connectivity index (χ0v) is 15.2. The Balaban J connectivity index is 5.85. The Bertz CT molecular complexity index is 517. The van der Waals surface area contributed by atoms with Crippen LogP contribution in [0.4, 0.5) is 0 Å². The summed E-state index contributed by atoms with van der Waals surface area (Å²) in [7, 11) is 3.21. The van der Waals surface area contributed by atoms with E-state index in [9.17, 15) is 4.79 Å². The van der Waals surface area contributed by atoms with Crippen molar-refractivity contribution >= 4 is 24.0 Å². The molecule has 0 aliphatic heterocycles. The van der Waals surface area contributed by atoms with Crippen LogP contribution >= 0.6 is 11.8 Å². The molecule has 4 nitrogen and oxygen atoms in total. The topological polar surface area (TPSA) is 41.9 Å². The molecule has 0 heterocycles. The van der Waals surface area contributed by atoms with Crippen LogP contribution in [0.2, 0.25) is 0 Å². The summed E-state index contributed by atoms with van der Waals surface area (Å²) in [6.07, 6.45) is 9.82. The number of ether oxygens (including phenoxy) is 1. The number of carbonyl (C=O) groups excluding carboxylic acids is 1. The number of aliphatic imine (C=N–C) groups is 1. The van der Waals surface area contributed by atoms with E-state index in [0.29, 0.717) is 10.7 Å². The van der Waals surface area contributed by atoms with Crippen LogP contribution in [0.1, 0.15) is 27.2 Å². The minimum atomic E-state index is -0.101. The van der Waals surface area contributed by atoms with E-state index in [0.717, 1.165) is 17.7 Å². The van der Waals surface area contributed by atoms with E-state index in [1.54, 1.807) is 31.2 Å². The first-order valence-electron chi connectivity index (χ1n) is 7.04. The fourth-order valence-electron chi connectivity index (χ4n) is 1.80. The Hall–Kier alpha value is -1.75. The summed E-state index contributed by atoms with van der Waals surface area (Å²) in [5, 5.41) is 0. The maximum atomic E-state index is 12.7. The van der Waals surface area contributed by atoms with E-state index >= 15 is 0 Å². The molecule has 22 heavy (non-hydrogen) atoms. The largest absolute Gasteiger partial charge is 0.497 e. The second-order valence-corrected chi connectivity index (χ2v) is 5.25. The van der Waals surface area contributed by atoms with Crippen molar-refractivity contribution < 1.29 is 9.53 Å². The quantitative estimate of drug-likeness (QED) is 0.222. The molecule has 0 radical (unpaired) electrons. The van der Waals surface area contributed by atoms with Crippen molar-refractivity contribution in [3.63, 3.8) is 0 Å². The minimum Gasteiger partial charge on any atom is -0.497 e. The zero-order chi connectivity index (χ0) is 17.1. The van der Waals surface area contributed by atoms with Crippen molar-refractivity contribution in [2.45, 2.75) is 27.2 Å². The third kappa shape index (κ3) is 5.93. The van der Waals surface area contributed by atoms with E-state index in [1.807, 2.05) is 33.1 Å². The first kappa shape index (κ1) is 20.2. The average molecular weight is 322 g/mol. The van der Waals surface area contributed by atoms with Crippen molar-refractivity contribution in [3.05, 3.63) is 46.7 Å². The molecule has 5 heteroatoms. The van der Waals surface area contributed by atoms with Gasteiger partial charge in [-0.15, -0.1) is 11.8 Å². The van der Waals surface area contributed by atoms with Crippen LogP contribution in [0, 0.1) is 0 Å². The molecule has 0 N–H and O–H groups in total. The van der Waals surface area contributed by atoms with Crippen LogP contribution in [0.3, 0.4) is 0 Å². The van der Waals surface area contributed by atoms with E-state index in [2.05, 4.69) is 11.6 Å². The van der Waals surface area contributed by atoms with Gasteiger partial charge in [0.05, 0.1) is 18.4 Å². The fraction of sp³-hybridized carbons (Fsp3) is 0.412. The molecule has 1 amide bonds. The van der Waals surface area contributed by atoms with Gasteiger partial charge in [0, 0.05) is 12.7 Å². The number of thioether (sulfide) groups is 1. The van der Waals surface area contributed by atoms with Gasteiger partial charge in [0.2, 0.25) is 0 Å². The normalized spacial score (nSPS) is 13.5. The van der Waals surface area contributed by atoms with Gasteiger partial charge in [-0.2, -0.15) is 0 Å². The maximum Gasteiger partial charge on any atom is 0.269 e. The lowest BCUT2D eigenvalue weighted by Gasteiger charge is -2.23. The second-order valence-electron chi connectivity index (χ2n) is 4.40. The molecule has 0 unspecified atom stereocenters. The second kappa shape index (κ2) is 10.9. The first-order chi connectivity index (χ1) is 10.5. The Morgan fingerprint density at radius 1 is 1.45 bits per heavy atom.